The number of halogens is 3. The van der Waals surface area contributed by atoms with Gasteiger partial charge in [-0.3, -0.25) is 4.79 Å². The topological polar surface area (TPSA) is 101 Å². The van der Waals surface area contributed by atoms with Gasteiger partial charge in [0.05, 0.1) is 11.7 Å². The molecule has 0 unspecified atom stereocenters. The Hall–Kier alpha value is -3.90. The van der Waals surface area contributed by atoms with Crippen LogP contribution in [-0.2, 0) is 23.9 Å². The third kappa shape index (κ3) is 4.31. The molecule has 1 fully saturated rings. The molecule has 0 radical (unpaired) electrons. The summed E-state index contributed by atoms with van der Waals surface area (Å²) in [5.74, 6) is 1.44. The second-order valence-electron chi connectivity index (χ2n) is 9.55. The van der Waals surface area contributed by atoms with Gasteiger partial charge in [-0.25, -0.2) is 14.6 Å². The molecule has 5 heterocycles. The first-order valence-electron chi connectivity index (χ1n) is 12.2. The van der Waals surface area contributed by atoms with Gasteiger partial charge in [0.1, 0.15) is 11.7 Å². The summed E-state index contributed by atoms with van der Waals surface area (Å²) in [4.78, 5) is 29.9. The molecule has 6 rings (SSSR count). The maximum Gasteiger partial charge on any atom is 0.435 e. The number of hydrogen-bond donors (Lipinski definition) is 1. The molecule has 1 amide bonds. The molecule has 3 aromatic heterocycles. The summed E-state index contributed by atoms with van der Waals surface area (Å²) in [6.07, 6.45) is 0.194. The van der Waals surface area contributed by atoms with Crippen molar-refractivity contribution in [3.8, 4) is 11.8 Å². The van der Waals surface area contributed by atoms with E-state index in [4.69, 9.17) is 4.74 Å². The summed E-state index contributed by atoms with van der Waals surface area (Å²) in [7, 11) is 1.86. The summed E-state index contributed by atoms with van der Waals surface area (Å²) >= 11 is 0. The summed E-state index contributed by atoms with van der Waals surface area (Å²) in [6, 6.07) is 3.90. The van der Waals surface area contributed by atoms with Crippen molar-refractivity contribution >= 4 is 23.4 Å². The highest BCUT2D eigenvalue weighted by Crippen LogP contribution is 2.42. The van der Waals surface area contributed by atoms with E-state index < -0.39 is 11.9 Å². The third-order valence-electron chi connectivity index (χ3n) is 6.88. The van der Waals surface area contributed by atoms with Crippen molar-refractivity contribution in [1.82, 2.24) is 24.7 Å². The van der Waals surface area contributed by atoms with Crippen molar-refractivity contribution in [3.05, 3.63) is 41.3 Å². The van der Waals surface area contributed by atoms with Crippen LogP contribution >= 0.6 is 0 Å². The first-order chi connectivity index (χ1) is 17.7. The lowest BCUT2D eigenvalue weighted by Gasteiger charge is -2.41. The largest absolute Gasteiger partial charge is 0.435 e. The Labute approximate surface area is 210 Å². The van der Waals surface area contributed by atoms with Crippen LogP contribution in [0.5, 0.6) is 11.8 Å². The van der Waals surface area contributed by atoms with Crippen LogP contribution in [0.15, 0.2) is 24.4 Å². The molecule has 3 aromatic rings. The van der Waals surface area contributed by atoms with Gasteiger partial charge in [-0.1, -0.05) is 6.07 Å². The number of hydrogen-bond acceptors (Lipinski definition) is 8. The third-order valence-corrected chi connectivity index (χ3v) is 6.88. The van der Waals surface area contributed by atoms with Gasteiger partial charge in [-0.2, -0.15) is 23.3 Å². The molecule has 0 spiro atoms. The number of likely N-dealkylation sites (N-methyl/N-ethyl adjacent to an activating group) is 1. The second kappa shape index (κ2) is 8.60. The van der Waals surface area contributed by atoms with Gasteiger partial charge >= 0.3 is 6.18 Å². The SMILES string of the molecule is C[C@H]1C(=O)N2CCCc3nc(NCc4ccc(Oc5cc(C(F)(F)F)nn5C5CC5)nc4)nc(c32)N1C. The van der Waals surface area contributed by atoms with Crippen LogP contribution in [-0.4, -0.2) is 50.3 Å². The first kappa shape index (κ1) is 23.5. The molecule has 194 valence electrons. The summed E-state index contributed by atoms with van der Waals surface area (Å²) in [5.41, 5.74) is 1.47. The van der Waals surface area contributed by atoms with Gasteiger partial charge in [0, 0.05) is 38.5 Å². The Morgan fingerprint density at radius 3 is 2.73 bits per heavy atom. The van der Waals surface area contributed by atoms with E-state index in [9.17, 15) is 18.0 Å². The summed E-state index contributed by atoms with van der Waals surface area (Å²) in [6.45, 7) is 2.92. The number of aryl methyl sites for hydroxylation is 1. The number of ether oxygens (including phenoxy) is 1. The number of nitrogens with one attached hydrogen (secondary N) is 1. The van der Waals surface area contributed by atoms with Crippen LogP contribution in [0.4, 0.5) is 30.6 Å². The van der Waals surface area contributed by atoms with Gasteiger partial charge in [0.25, 0.3) is 0 Å². The molecule has 1 saturated carbocycles. The number of aromatic nitrogens is 5. The fraction of sp³-hybridized carbons (Fsp3) is 0.458. The zero-order valence-electron chi connectivity index (χ0n) is 20.3. The molecule has 0 bridgehead atoms. The van der Waals surface area contributed by atoms with E-state index in [0.717, 1.165) is 54.5 Å². The fourth-order valence-corrected chi connectivity index (χ4v) is 4.61. The van der Waals surface area contributed by atoms with Crippen molar-refractivity contribution in [2.45, 2.75) is 57.4 Å². The molecule has 2 aliphatic heterocycles. The average molecular weight is 515 g/mol. The zero-order valence-corrected chi connectivity index (χ0v) is 20.3. The van der Waals surface area contributed by atoms with E-state index in [-0.39, 0.29) is 29.8 Å². The standard InChI is InChI=1S/C24H25F3N8O2/c1-13-22(36)34-9-3-4-16-20(34)21(33(13)2)31-23(30-16)29-12-14-5-8-18(28-11-14)37-19-10-17(24(25,26)27)32-35(19)15-6-7-15/h5,8,10-11,13,15H,3-4,6-7,9,12H2,1-2H3,(H,29,30,31)/t13-/m0/s1. The van der Waals surface area contributed by atoms with Crippen molar-refractivity contribution in [1.29, 1.82) is 0 Å². The maximum absolute atomic E-state index is 13.1. The Bertz CT molecular complexity index is 1350. The van der Waals surface area contributed by atoms with Crippen molar-refractivity contribution in [2.75, 3.05) is 28.7 Å². The molecule has 13 heteroatoms. The van der Waals surface area contributed by atoms with Gasteiger partial charge in [0.2, 0.25) is 23.6 Å². The minimum absolute atomic E-state index is 0.0236. The number of carbonyl (C=O) groups excluding carboxylic acids is 1. The normalized spacial score (nSPS) is 19.2. The Kier molecular flexibility index (Phi) is 5.46. The highest BCUT2D eigenvalue weighted by molar-refractivity contribution is 6.05. The predicted molar refractivity (Wildman–Crippen MR) is 128 cm³/mol. The zero-order chi connectivity index (χ0) is 25.9. The van der Waals surface area contributed by atoms with Crippen molar-refractivity contribution in [3.63, 3.8) is 0 Å². The summed E-state index contributed by atoms with van der Waals surface area (Å²) in [5, 5.41) is 6.90. The molecule has 37 heavy (non-hydrogen) atoms. The first-order valence-corrected chi connectivity index (χ1v) is 12.2. The quantitative estimate of drug-likeness (QED) is 0.528. The van der Waals surface area contributed by atoms with Crippen LogP contribution in [0.1, 0.15) is 49.2 Å². The van der Waals surface area contributed by atoms with Gasteiger partial charge in [-0.05, 0) is 38.2 Å². The van der Waals surface area contributed by atoms with Crippen LogP contribution in [0.25, 0.3) is 0 Å². The van der Waals surface area contributed by atoms with Crippen LogP contribution in [0.2, 0.25) is 0 Å². The molecule has 0 aromatic carbocycles. The smallest absolute Gasteiger partial charge is 0.421 e. The number of anilines is 3. The highest BCUT2D eigenvalue weighted by atomic mass is 19.4. The highest BCUT2D eigenvalue weighted by Gasteiger charge is 2.39. The number of carbonyl (C=O) groups is 1. The van der Waals surface area contributed by atoms with Crippen LogP contribution < -0.4 is 19.9 Å². The van der Waals surface area contributed by atoms with Gasteiger partial charge < -0.3 is 19.9 Å². The second-order valence-corrected chi connectivity index (χ2v) is 9.55. The Balaban J connectivity index is 1.16. The molecule has 1 atom stereocenters. The monoisotopic (exact) mass is 514 g/mol. The van der Waals surface area contributed by atoms with E-state index in [1.165, 1.54) is 4.68 Å². The molecular formula is C24H25F3N8O2. The lowest BCUT2D eigenvalue weighted by Crippen LogP contribution is -2.53. The molecule has 1 aliphatic carbocycles. The lowest BCUT2D eigenvalue weighted by molar-refractivity contribution is -0.141. The van der Waals surface area contributed by atoms with Gasteiger partial charge in [-0.15, -0.1) is 0 Å². The van der Waals surface area contributed by atoms with Crippen LogP contribution in [0.3, 0.4) is 0 Å². The average Bonchev–Trinajstić information content (AvgIpc) is 3.63. The Morgan fingerprint density at radius 2 is 2.03 bits per heavy atom. The van der Waals surface area contributed by atoms with Gasteiger partial charge in [0.15, 0.2) is 11.5 Å². The van der Waals surface area contributed by atoms with E-state index >= 15 is 0 Å². The molecule has 1 N–H and O–H groups in total. The molecule has 10 nitrogen and oxygen atoms in total. The van der Waals surface area contributed by atoms with E-state index in [1.807, 2.05) is 18.9 Å². The fourth-order valence-electron chi connectivity index (χ4n) is 4.61. The minimum Gasteiger partial charge on any atom is -0.421 e. The van der Waals surface area contributed by atoms with Crippen molar-refractivity contribution in [2.24, 2.45) is 0 Å². The maximum atomic E-state index is 13.1. The molecule has 0 saturated heterocycles. The number of pyridine rings is 1. The number of nitrogens with zero attached hydrogens (tertiary/aromatic N) is 7. The summed E-state index contributed by atoms with van der Waals surface area (Å²) < 4.78 is 46.3. The lowest BCUT2D eigenvalue weighted by atomic mass is 10.0. The van der Waals surface area contributed by atoms with E-state index in [1.54, 1.807) is 23.2 Å². The van der Waals surface area contributed by atoms with E-state index in [0.29, 0.717) is 19.0 Å². The predicted octanol–water partition coefficient (Wildman–Crippen LogP) is 3.94. The number of alkyl halides is 3. The van der Waals surface area contributed by atoms with Crippen LogP contribution in [0, 0.1) is 0 Å². The Morgan fingerprint density at radius 1 is 1.22 bits per heavy atom. The number of amides is 1. The minimum atomic E-state index is -4.54. The molecule has 3 aliphatic rings. The van der Waals surface area contributed by atoms with E-state index in [2.05, 4.69) is 25.4 Å². The molecular weight excluding hydrogens is 489 g/mol. The number of rotatable bonds is 6. The van der Waals surface area contributed by atoms with Crippen molar-refractivity contribution < 1.29 is 22.7 Å².